The molecule has 0 fully saturated rings. The smallest absolute Gasteiger partial charge is 0.408 e. The van der Waals surface area contributed by atoms with E-state index in [-0.39, 0.29) is 11.6 Å². The summed E-state index contributed by atoms with van der Waals surface area (Å²) in [4.78, 5) is 25.7. The lowest BCUT2D eigenvalue weighted by Gasteiger charge is -2.43. The van der Waals surface area contributed by atoms with Gasteiger partial charge >= 0.3 is 12.1 Å². The molecule has 0 aliphatic carbocycles. The SMILES string of the molecule is CC(C)(C)OC(=O)NC(CCCO[Si](c1ccccc1)(c1ccccc1)C(C)(C)C)C(=O)OCc1ccccc1. The summed E-state index contributed by atoms with van der Waals surface area (Å²) in [7, 11) is -2.70. The summed E-state index contributed by atoms with van der Waals surface area (Å²) >= 11 is 0. The van der Waals surface area contributed by atoms with Gasteiger partial charge in [-0.2, -0.15) is 0 Å². The van der Waals surface area contributed by atoms with Crippen molar-refractivity contribution in [1.29, 1.82) is 0 Å². The average Bonchev–Trinajstić information content (AvgIpc) is 2.91. The molecule has 0 bridgehead atoms. The second-order valence-corrected chi connectivity index (χ2v) is 16.3. The van der Waals surface area contributed by atoms with Crippen LogP contribution in [0.5, 0.6) is 0 Å². The first-order valence-corrected chi connectivity index (χ1v) is 15.8. The van der Waals surface area contributed by atoms with Gasteiger partial charge in [0.05, 0.1) is 0 Å². The van der Waals surface area contributed by atoms with Crippen LogP contribution in [0.1, 0.15) is 59.9 Å². The van der Waals surface area contributed by atoms with Crippen LogP contribution >= 0.6 is 0 Å². The third-order valence-corrected chi connectivity index (χ3v) is 11.6. The fraction of sp³-hybridized carbons (Fsp3) is 0.394. The Morgan fingerprint density at radius 2 is 1.27 bits per heavy atom. The summed E-state index contributed by atoms with van der Waals surface area (Å²) in [6.07, 6.45) is 0.248. The number of amides is 1. The molecule has 1 unspecified atom stereocenters. The van der Waals surface area contributed by atoms with Gasteiger partial charge in [0.2, 0.25) is 0 Å². The van der Waals surface area contributed by atoms with Crippen molar-refractivity contribution >= 4 is 30.8 Å². The highest BCUT2D eigenvalue weighted by molar-refractivity contribution is 6.99. The molecule has 214 valence electrons. The fourth-order valence-electron chi connectivity index (χ4n) is 4.80. The Kier molecular flexibility index (Phi) is 10.7. The van der Waals surface area contributed by atoms with Crippen LogP contribution < -0.4 is 15.7 Å². The van der Waals surface area contributed by atoms with Gasteiger partial charge in [-0.15, -0.1) is 0 Å². The molecule has 7 heteroatoms. The molecule has 0 heterocycles. The number of rotatable bonds is 11. The predicted molar refractivity (Wildman–Crippen MR) is 162 cm³/mol. The van der Waals surface area contributed by atoms with Crippen molar-refractivity contribution in [2.24, 2.45) is 0 Å². The van der Waals surface area contributed by atoms with E-state index in [4.69, 9.17) is 13.9 Å². The first kappa shape index (κ1) is 31.1. The van der Waals surface area contributed by atoms with E-state index in [1.54, 1.807) is 20.8 Å². The topological polar surface area (TPSA) is 73.9 Å². The van der Waals surface area contributed by atoms with Crippen LogP contribution in [0.25, 0.3) is 0 Å². The average molecular weight is 562 g/mol. The Hall–Kier alpha value is -3.42. The van der Waals surface area contributed by atoms with E-state index in [2.05, 4.69) is 74.6 Å². The molecule has 0 radical (unpaired) electrons. The van der Waals surface area contributed by atoms with Gasteiger partial charge < -0.3 is 19.2 Å². The number of ether oxygens (including phenoxy) is 2. The monoisotopic (exact) mass is 561 g/mol. The minimum atomic E-state index is -2.70. The standard InChI is InChI=1S/C33H43NO5Si/c1-32(2,3)39-31(36)34-29(30(35)37-25-26-17-10-7-11-18-26)23-16-24-38-40(33(4,5)6,27-19-12-8-13-20-27)28-21-14-9-15-22-28/h7-15,17-22,29H,16,23-25H2,1-6H3,(H,34,36). The maximum Gasteiger partial charge on any atom is 0.408 e. The first-order valence-electron chi connectivity index (χ1n) is 13.9. The molecule has 0 saturated carbocycles. The third-order valence-electron chi connectivity index (χ3n) is 6.57. The maximum absolute atomic E-state index is 13.1. The molecule has 1 N–H and O–H groups in total. The van der Waals surface area contributed by atoms with Gasteiger partial charge in [-0.3, -0.25) is 0 Å². The number of esters is 1. The molecule has 0 spiro atoms. The molecule has 0 saturated heterocycles. The Morgan fingerprint density at radius 1 is 0.775 bits per heavy atom. The molecule has 0 aliphatic heterocycles. The number of hydrogen-bond donors (Lipinski definition) is 1. The lowest BCUT2D eigenvalue weighted by Crippen LogP contribution is -2.66. The summed E-state index contributed by atoms with van der Waals surface area (Å²) < 4.78 is 17.9. The molecule has 0 aliphatic rings. The van der Waals surface area contributed by atoms with Gasteiger partial charge in [-0.05, 0) is 54.6 Å². The predicted octanol–water partition coefficient (Wildman–Crippen LogP) is 5.98. The van der Waals surface area contributed by atoms with Crippen LogP contribution in [0.2, 0.25) is 5.04 Å². The highest BCUT2D eigenvalue weighted by atomic mass is 28.4. The molecule has 1 amide bonds. The molecular formula is C33H43NO5Si. The quantitative estimate of drug-likeness (QED) is 0.177. The van der Waals surface area contributed by atoms with Gasteiger partial charge in [-0.1, -0.05) is 112 Å². The Labute approximate surface area is 240 Å². The minimum absolute atomic E-state index is 0.130. The van der Waals surface area contributed by atoms with Crippen LogP contribution in [0, 0.1) is 0 Å². The minimum Gasteiger partial charge on any atom is -0.459 e. The summed E-state index contributed by atoms with van der Waals surface area (Å²) in [6.45, 7) is 12.6. The second kappa shape index (κ2) is 13.8. The van der Waals surface area contributed by atoms with E-state index in [1.165, 1.54) is 10.4 Å². The van der Waals surface area contributed by atoms with Crippen LogP contribution in [-0.4, -0.2) is 38.6 Å². The molecule has 3 aromatic rings. The first-order chi connectivity index (χ1) is 18.9. The van der Waals surface area contributed by atoms with Gasteiger partial charge in [0.15, 0.2) is 0 Å². The summed E-state index contributed by atoms with van der Waals surface area (Å²) in [6, 6.07) is 29.5. The lowest BCUT2D eigenvalue weighted by molar-refractivity contribution is -0.147. The number of benzene rings is 3. The van der Waals surface area contributed by atoms with E-state index in [0.717, 1.165) is 5.56 Å². The fourth-order valence-corrected chi connectivity index (χ4v) is 9.41. The number of alkyl carbamates (subject to hydrolysis) is 1. The van der Waals surface area contributed by atoms with Gasteiger partial charge in [0, 0.05) is 6.61 Å². The number of carbonyl (C=O) groups is 2. The van der Waals surface area contributed by atoms with Crippen LogP contribution in [-0.2, 0) is 25.3 Å². The van der Waals surface area contributed by atoms with Crippen molar-refractivity contribution in [3.05, 3.63) is 96.6 Å². The third kappa shape index (κ3) is 8.54. The number of carbonyl (C=O) groups excluding carboxylic acids is 2. The van der Waals surface area contributed by atoms with E-state index in [0.29, 0.717) is 19.4 Å². The van der Waals surface area contributed by atoms with Crippen molar-refractivity contribution in [2.45, 2.75) is 77.7 Å². The van der Waals surface area contributed by atoms with E-state index in [9.17, 15) is 9.59 Å². The molecule has 0 aromatic heterocycles. The van der Waals surface area contributed by atoms with Crippen LogP contribution in [0.4, 0.5) is 4.79 Å². The van der Waals surface area contributed by atoms with E-state index >= 15 is 0 Å². The van der Waals surface area contributed by atoms with E-state index in [1.807, 2.05) is 42.5 Å². The second-order valence-electron chi connectivity index (χ2n) is 11.9. The molecule has 3 aromatic carbocycles. The molecule has 1 atom stereocenters. The molecule has 3 rings (SSSR count). The maximum atomic E-state index is 13.1. The van der Waals surface area contributed by atoms with Crippen molar-refractivity contribution in [3.8, 4) is 0 Å². The van der Waals surface area contributed by atoms with E-state index < -0.39 is 32.0 Å². The zero-order valence-electron chi connectivity index (χ0n) is 24.6. The van der Waals surface area contributed by atoms with Crippen molar-refractivity contribution in [3.63, 3.8) is 0 Å². The Morgan fingerprint density at radius 3 is 1.75 bits per heavy atom. The highest BCUT2D eigenvalue weighted by Gasteiger charge is 2.50. The number of hydrogen-bond acceptors (Lipinski definition) is 5. The Balaban J connectivity index is 1.77. The van der Waals surface area contributed by atoms with Crippen LogP contribution in [0.3, 0.4) is 0 Å². The largest absolute Gasteiger partial charge is 0.459 e. The zero-order valence-corrected chi connectivity index (χ0v) is 25.6. The lowest BCUT2D eigenvalue weighted by atomic mass is 10.1. The van der Waals surface area contributed by atoms with Gasteiger partial charge in [0.1, 0.15) is 18.2 Å². The molecule has 6 nitrogen and oxygen atoms in total. The van der Waals surface area contributed by atoms with Crippen molar-refractivity contribution < 1.29 is 23.5 Å². The number of nitrogens with one attached hydrogen (secondary N) is 1. The Bertz CT molecular complexity index is 1160. The van der Waals surface area contributed by atoms with Crippen LogP contribution in [0.15, 0.2) is 91.0 Å². The van der Waals surface area contributed by atoms with Crippen molar-refractivity contribution in [2.75, 3.05) is 6.61 Å². The molecule has 40 heavy (non-hydrogen) atoms. The summed E-state index contributed by atoms with van der Waals surface area (Å²) in [5.41, 5.74) is 0.191. The highest BCUT2D eigenvalue weighted by Crippen LogP contribution is 2.36. The molecular weight excluding hydrogens is 518 g/mol. The van der Waals surface area contributed by atoms with Gasteiger partial charge in [0.25, 0.3) is 8.32 Å². The summed E-state index contributed by atoms with van der Waals surface area (Å²) in [5, 5.41) is 4.95. The van der Waals surface area contributed by atoms with Gasteiger partial charge in [-0.25, -0.2) is 9.59 Å². The normalized spacial score (nSPS) is 12.8. The summed E-state index contributed by atoms with van der Waals surface area (Å²) in [5.74, 6) is -0.500. The van der Waals surface area contributed by atoms with Crippen molar-refractivity contribution in [1.82, 2.24) is 5.32 Å². The zero-order chi connectivity index (χ0) is 29.2.